The van der Waals surface area contributed by atoms with Crippen molar-refractivity contribution in [3.05, 3.63) is 45.4 Å². The molecule has 2 fully saturated rings. The monoisotopic (exact) mass is 447 g/mol. The van der Waals surface area contributed by atoms with Crippen molar-refractivity contribution in [3.8, 4) is 0 Å². The molecule has 0 aromatic carbocycles. The molecule has 1 aliphatic carbocycles. The summed E-state index contributed by atoms with van der Waals surface area (Å²) in [4.78, 5) is 25.7. The van der Waals surface area contributed by atoms with E-state index in [4.69, 9.17) is 11.6 Å². The maximum Gasteiger partial charge on any atom is 0.329 e. The lowest BCUT2D eigenvalue weighted by atomic mass is 9.84. The van der Waals surface area contributed by atoms with Gasteiger partial charge in [-0.25, -0.2) is 4.98 Å². The van der Waals surface area contributed by atoms with Crippen molar-refractivity contribution in [1.82, 2.24) is 19.9 Å². The number of rotatable bonds is 8. The van der Waals surface area contributed by atoms with Gasteiger partial charge in [0.05, 0.1) is 11.0 Å². The molecule has 0 spiro atoms. The first kappa shape index (κ1) is 21.7. The Labute approximate surface area is 185 Å². The van der Waals surface area contributed by atoms with Crippen molar-refractivity contribution >= 4 is 29.1 Å². The lowest BCUT2D eigenvalue weighted by molar-refractivity contribution is -0.384. The summed E-state index contributed by atoms with van der Waals surface area (Å²) in [7, 11) is 0. The molecular formula is C20H26ClN7O3. The average Bonchev–Trinajstić information content (AvgIpc) is 2.75. The number of hydrogen-bond donors (Lipinski definition) is 3. The minimum atomic E-state index is -0.476. The van der Waals surface area contributed by atoms with E-state index in [1.54, 1.807) is 18.5 Å². The van der Waals surface area contributed by atoms with Gasteiger partial charge in [0.25, 0.3) is 0 Å². The molecule has 3 N–H and O–H groups in total. The number of β-amino-alcohol motifs (C(OH)–C–C–N with tert-alkyl or cyclic N) is 1. The summed E-state index contributed by atoms with van der Waals surface area (Å²) in [6.07, 6.45) is 8.58. The topological polar surface area (TPSA) is 129 Å². The van der Waals surface area contributed by atoms with E-state index in [-0.39, 0.29) is 23.6 Å². The number of halogens is 1. The quantitative estimate of drug-likeness (QED) is 0.413. The average molecular weight is 448 g/mol. The molecule has 0 amide bonds. The highest BCUT2D eigenvalue weighted by atomic mass is 35.5. The van der Waals surface area contributed by atoms with Gasteiger partial charge in [0.15, 0.2) is 0 Å². The van der Waals surface area contributed by atoms with Crippen LogP contribution >= 0.6 is 11.6 Å². The molecule has 0 unspecified atom stereocenters. The van der Waals surface area contributed by atoms with Gasteiger partial charge in [0.1, 0.15) is 6.20 Å². The third-order valence-electron chi connectivity index (χ3n) is 6.03. The Morgan fingerprint density at radius 1 is 1.23 bits per heavy atom. The third kappa shape index (κ3) is 5.38. The first-order valence-electron chi connectivity index (χ1n) is 10.5. The van der Waals surface area contributed by atoms with Crippen molar-refractivity contribution in [3.63, 3.8) is 0 Å². The van der Waals surface area contributed by atoms with E-state index in [2.05, 4.69) is 30.5 Å². The number of aliphatic hydroxyl groups excluding tert-OH is 1. The third-order valence-corrected chi connectivity index (χ3v) is 6.40. The smallest absolute Gasteiger partial charge is 0.329 e. The van der Waals surface area contributed by atoms with Crippen LogP contribution in [-0.4, -0.2) is 61.7 Å². The van der Waals surface area contributed by atoms with Crippen LogP contribution < -0.4 is 10.6 Å². The SMILES string of the molecule is O=[N+]([O-])c1cnc(NCc2cnccc2Cl)nc1NC[C@H]1CC[C@H](N2CC(O)C2)CC1. The Kier molecular flexibility index (Phi) is 6.79. The van der Waals surface area contributed by atoms with E-state index in [1.165, 1.54) is 6.20 Å². The van der Waals surface area contributed by atoms with Crippen molar-refractivity contribution in [2.45, 2.75) is 44.4 Å². The van der Waals surface area contributed by atoms with Crippen LogP contribution in [0.2, 0.25) is 5.02 Å². The Morgan fingerprint density at radius 3 is 2.68 bits per heavy atom. The number of nitro groups is 1. The zero-order chi connectivity index (χ0) is 21.8. The van der Waals surface area contributed by atoms with Gasteiger partial charge in [-0.1, -0.05) is 11.6 Å². The van der Waals surface area contributed by atoms with Gasteiger partial charge in [-0.2, -0.15) is 4.98 Å². The molecule has 10 nitrogen and oxygen atoms in total. The number of aromatic nitrogens is 3. The predicted octanol–water partition coefficient (Wildman–Crippen LogP) is 2.69. The molecule has 31 heavy (non-hydrogen) atoms. The Balaban J connectivity index is 1.33. The molecule has 0 bridgehead atoms. The summed E-state index contributed by atoms with van der Waals surface area (Å²) < 4.78 is 0. The molecule has 2 aromatic heterocycles. The number of nitrogens with zero attached hydrogens (tertiary/aromatic N) is 5. The minimum Gasteiger partial charge on any atom is -0.390 e. The van der Waals surface area contributed by atoms with Gasteiger partial charge >= 0.3 is 5.69 Å². The zero-order valence-corrected chi connectivity index (χ0v) is 17.8. The van der Waals surface area contributed by atoms with Gasteiger partial charge in [0.2, 0.25) is 11.8 Å². The molecule has 11 heteroatoms. The van der Waals surface area contributed by atoms with Gasteiger partial charge in [-0.3, -0.25) is 20.0 Å². The summed E-state index contributed by atoms with van der Waals surface area (Å²) in [5.41, 5.74) is 0.639. The summed E-state index contributed by atoms with van der Waals surface area (Å²) in [6, 6.07) is 2.24. The van der Waals surface area contributed by atoms with Crippen LogP contribution in [0.4, 0.5) is 17.5 Å². The zero-order valence-electron chi connectivity index (χ0n) is 17.1. The molecule has 0 atom stereocenters. The molecule has 0 radical (unpaired) electrons. The van der Waals surface area contributed by atoms with E-state index < -0.39 is 4.92 Å². The molecule has 3 heterocycles. The molecule has 2 aromatic rings. The molecule has 166 valence electrons. The van der Waals surface area contributed by atoms with E-state index in [9.17, 15) is 15.2 Å². The lowest BCUT2D eigenvalue weighted by Gasteiger charge is -2.44. The van der Waals surface area contributed by atoms with Crippen LogP contribution in [0.25, 0.3) is 0 Å². The maximum absolute atomic E-state index is 11.4. The van der Waals surface area contributed by atoms with Gasteiger partial charge in [0, 0.05) is 55.2 Å². The van der Waals surface area contributed by atoms with Crippen molar-refractivity contribution in [2.24, 2.45) is 5.92 Å². The number of anilines is 2. The van der Waals surface area contributed by atoms with E-state index in [0.717, 1.165) is 44.3 Å². The van der Waals surface area contributed by atoms with Crippen LogP contribution in [0.1, 0.15) is 31.2 Å². The largest absolute Gasteiger partial charge is 0.390 e. The van der Waals surface area contributed by atoms with Gasteiger partial charge in [-0.15, -0.1) is 0 Å². The summed E-state index contributed by atoms with van der Waals surface area (Å²) >= 11 is 6.14. The van der Waals surface area contributed by atoms with Crippen LogP contribution in [0.3, 0.4) is 0 Å². The lowest BCUT2D eigenvalue weighted by Crippen LogP contribution is -2.56. The standard InChI is InChI=1S/C20H26ClN7O3/c21-17-5-6-22-8-14(17)9-24-20-25-10-18(28(30)31)19(26-20)23-7-13-1-3-15(4-2-13)27-11-16(29)12-27/h5-6,8,10,13,15-16,29H,1-4,7,9,11-12H2,(H2,23,24,25,26)/t13-,15-. The van der Waals surface area contributed by atoms with Crippen LogP contribution in [0.15, 0.2) is 24.7 Å². The molecule has 1 aliphatic heterocycles. The first-order chi connectivity index (χ1) is 15.0. The van der Waals surface area contributed by atoms with Crippen LogP contribution in [-0.2, 0) is 6.54 Å². The van der Waals surface area contributed by atoms with Crippen LogP contribution in [0.5, 0.6) is 0 Å². The Morgan fingerprint density at radius 2 is 2.00 bits per heavy atom. The van der Waals surface area contributed by atoms with Gasteiger partial charge < -0.3 is 15.7 Å². The van der Waals surface area contributed by atoms with E-state index in [0.29, 0.717) is 30.1 Å². The van der Waals surface area contributed by atoms with Crippen molar-refractivity contribution < 1.29 is 10.0 Å². The fourth-order valence-electron chi connectivity index (χ4n) is 4.18. The highest BCUT2D eigenvalue weighted by molar-refractivity contribution is 6.31. The molecule has 2 aliphatic rings. The highest BCUT2D eigenvalue weighted by Crippen LogP contribution is 2.31. The Hall–Kier alpha value is -2.56. The number of likely N-dealkylation sites (tertiary alicyclic amines) is 1. The second-order valence-electron chi connectivity index (χ2n) is 8.17. The molecular weight excluding hydrogens is 422 g/mol. The summed E-state index contributed by atoms with van der Waals surface area (Å²) in [5.74, 6) is 0.934. The second-order valence-corrected chi connectivity index (χ2v) is 8.58. The first-order valence-corrected chi connectivity index (χ1v) is 10.9. The van der Waals surface area contributed by atoms with Gasteiger partial charge in [-0.05, 0) is 37.7 Å². The second kappa shape index (κ2) is 9.71. The molecule has 1 saturated carbocycles. The van der Waals surface area contributed by atoms with Crippen LogP contribution in [0, 0.1) is 16.0 Å². The maximum atomic E-state index is 11.4. The fraction of sp³-hybridized carbons (Fsp3) is 0.550. The van der Waals surface area contributed by atoms with Crippen molar-refractivity contribution in [1.29, 1.82) is 0 Å². The number of pyridine rings is 1. The summed E-state index contributed by atoms with van der Waals surface area (Å²) in [5, 5.41) is 27.7. The predicted molar refractivity (Wildman–Crippen MR) is 117 cm³/mol. The fourth-order valence-corrected chi connectivity index (χ4v) is 4.35. The number of aliphatic hydroxyl groups is 1. The molecule has 4 rings (SSSR count). The Bertz CT molecular complexity index is 917. The summed E-state index contributed by atoms with van der Waals surface area (Å²) in [6.45, 7) is 2.54. The number of hydrogen-bond acceptors (Lipinski definition) is 9. The normalized spacial score (nSPS) is 22.0. The van der Waals surface area contributed by atoms with E-state index >= 15 is 0 Å². The number of nitrogens with one attached hydrogen (secondary N) is 2. The molecule has 1 saturated heterocycles. The highest BCUT2D eigenvalue weighted by Gasteiger charge is 2.33. The van der Waals surface area contributed by atoms with E-state index in [1.807, 2.05) is 0 Å². The minimum absolute atomic E-state index is 0.145. The van der Waals surface area contributed by atoms with Crippen molar-refractivity contribution in [2.75, 3.05) is 30.3 Å².